The molecule has 0 spiro atoms. The van der Waals surface area contributed by atoms with Crippen LogP contribution in [-0.2, 0) is 11.2 Å². The molecule has 0 aliphatic heterocycles. The molecule has 0 saturated heterocycles. The van der Waals surface area contributed by atoms with E-state index in [1.54, 1.807) is 6.20 Å². The van der Waals surface area contributed by atoms with Crippen molar-refractivity contribution in [2.45, 2.75) is 6.42 Å². The number of halogens is 1. The highest BCUT2D eigenvalue weighted by Gasteiger charge is 2.17. The van der Waals surface area contributed by atoms with E-state index in [9.17, 15) is 4.79 Å². The molecule has 4 rings (SSSR count). The van der Waals surface area contributed by atoms with Crippen molar-refractivity contribution in [3.8, 4) is 11.4 Å². The second kappa shape index (κ2) is 6.73. The number of aromatic nitrogens is 4. The zero-order valence-corrected chi connectivity index (χ0v) is 15.3. The predicted octanol–water partition coefficient (Wildman–Crippen LogP) is 4.03. The van der Waals surface area contributed by atoms with Gasteiger partial charge in [0.05, 0.1) is 17.5 Å². The molecule has 0 aliphatic rings. The van der Waals surface area contributed by atoms with Gasteiger partial charge in [0, 0.05) is 21.4 Å². The van der Waals surface area contributed by atoms with E-state index in [1.807, 2.05) is 35.7 Å². The Morgan fingerprint density at radius 1 is 1.28 bits per heavy atom. The number of hydrogen-bond acceptors (Lipinski definition) is 5. The zero-order valence-electron chi connectivity index (χ0n) is 12.9. The van der Waals surface area contributed by atoms with Crippen molar-refractivity contribution in [3.63, 3.8) is 0 Å². The van der Waals surface area contributed by atoms with Crippen LogP contribution in [0.25, 0.3) is 22.3 Å². The molecule has 1 amide bonds. The first-order valence-electron chi connectivity index (χ1n) is 7.47. The molecule has 0 bridgehead atoms. The summed E-state index contributed by atoms with van der Waals surface area (Å²) in [4.78, 5) is 20.9. The summed E-state index contributed by atoms with van der Waals surface area (Å²) in [6, 6.07) is 9.72. The molecule has 0 aliphatic carbocycles. The van der Waals surface area contributed by atoms with Crippen molar-refractivity contribution in [3.05, 3.63) is 58.3 Å². The Bertz CT molecular complexity index is 1040. The van der Waals surface area contributed by atoms with Crippen molar-refractivity contribution in [2.75, 3.05) is 5.32 Å². The number of rotatable bonds is 4. The number of nitrogens with zero attached hydrogens (tertiary/aromatic N) is 3. The van der Waals surface area contributed by atoms with E-state index >= 15 is 0 Å². The van der Waals surface area contributed by atoms with Crippen LogP contribution >= 0.6 is 27.3 Å². The summed E-state index contributed by atoms with van der Waals surface area (Å²) in [6.07, 6.45) is 3.48. The molecule has 4 aromatic rings. The summed E-state index contributed by atoms with van der Waals surface area (Å²) >= 11 is 4.93. The molecule has 8 heteroatoms. The smallest absolute Gasteiger partial charge is 0.229 e. The lowest BCUT2D eigenvalue weighted by atomic mass is 10.1. The van der Waals surface area contributed by atoms with Gasteiger partial charge in [-0.15, -0.1) is 11.3 Å². The molecular weight excluding hydrogens is 402 g/mol. The predicted molar refractivity (Wildman–Crippen MR) is 101 cm³/mol. The molecule has 0 saturated carbocycles. The molecule has 25 heavy (non-hydrogen) atoms. The van der Waals surface area contributed by atoms with E-state index in [0.29, 0.717) is 5.82 Å². The maximum absolute atomic E-state index is 12.5. The number of H-pyrrole nitrogens is 1. The number of aromatic amines is 1. The van der Waals surface area contributed by atoms with Gasteiger partial charge in [-0.25, -0.2) is 4.98 Å². The lowest BCUT2D eigenvalue weighted by Crippen LogP contribution is -2.14. The minimum absolute atomic E-state index is 0.0849. The molecule has 3 heterocycles. The molecular formula is C17H12BrN5OS. The largest absolute Gasteiger partial charge is 0.317 e. The normalized spacial score (nSPS) is 10.9. The van der Waals surface area contributed by atoms with Crippen LogP contribution in [0.3, 0.4) is 0 Å². The lowest BCUT2D eigenvalue weighted by Gasteiger charge is -2.06. The fourth-order valence-electron chi connectivity index (χ4n) is 2.57. The SMILES string of the molecule is O=C(Cc1ccc2ncccc2c1)Nc1scc(Br)c1-c1ncn[nH]1. The van der Waals surface area contributed by atoms with Crippen LogP contribution in [0.2, 0.25) is 0 Å². The Kier molecular flexibility index (Phi) is 4.29. The Morgan fingerprint density at radius 3 is 3.04 bits per heavy atom. The van der Waals surface area contributed by atoms with Gasteiger partial charge >= 0.3 is 0 Å². The molecule has 124 valence electrons. The second-order valence-corrected chi connectivity index (χ2v) is 7.11. The molecule has 2 N–H and O–H groups in total. The molecule has 0 fully saturated rings. The van der Waals surface area contributed by atoms with E-state index in [4.69, 9.17) is 0 Å². The first-order valence-corrected chi connectivity index (χ1v) is 9.14. The van der Waals surface area contributed by atoms with Gasteiger partial charge < -0.3 is 5.32 Å². The highest BCUT2D eigenvalue weighted by Crippen LogP contribution is 2.38. The fraction of sp³-hybridized carbons (Fsp3) is 0.0588. The third kappa shape index (κ3) is 3.31. The highest BCUT2D eigenvalue weighted by molar-refractivity contribution is 9.10. The minimum atomic E-state index is -0.0849. The van der Waals surface area contributed by atoms with Crippen LogP contribution in [0.1, 0.15) is 5.56 Å². The number of carbonyl (C=O) groups is 1. The number of pyridine rings is 1. The maximum atomic E-state index is 12.5. The summed E-state index contributed by atoms with van der Waals surface area (Å²) in [7, 11) is 0. The molecule has 1 aromatic carbocycles. The zero-order chi connectivity index (χ0) is 17.2. The number of fused-ring (bicyclic) bond motifs is 1. The van der Waals surface area contributed by atoms with E-state index in [0.717, 1.165) is 31.5 Å². The van der Waals surface area contributed by atoms with Crippen LogP contribution < -0.4 is 5.32 Å². The Hall–Kier alpha value is -2.58. The van der Waals surface area contributed by atoms with E-state index in [-0.39, 0.29) is 12.3 Å². The van der Waals surface area contributed by atoms with Crippen LogP contribution in [0, 0.1) is 0 Å². The van der Waals surface area contributed by atoms with Gasteiger partial charge in [-0.1, -0.05) is 12.1 Å². The summed E-state index contributed by atoms with van der Waals surface area (Å²) in [6.45, 7) is 0. The fourth-order valence-corrected chi connectivity index (χ4v) is 4.20. The molecule has 0 unspecified atom stereocenters. The Labute approximate surface area is 155 Å². The number of carbonyl (C=O) groups excluding carboxylic acids is 1. The first-order chi connectivity index (χ1) is 12.2. The average molecular weight is 414 g/mol. The van der Waals surface area contributed by atoms with Gasteiger partial charge in [0.25, 0.3) is 0 Å². The molecule has 3 aromatic heterocycles. The van der Waals surface area contributed by atoms with Gasteiger partial charge in [0.1, 0.15) is 11.3 Å². The van der Waals surface area contributed by atoms with Crippen molar-refractivity contribution in [1.82, 2.24) is 20.2 Å². The molecule has 6 nitrogen and oxygen atoms in total. The quantitative estimate of drug-likeness (QED) is 0.528. The third-order valence-corrected chi connectivity index (χ3v) is 5.51. The van der Waals surface area contributed by atoms with Crippen LogP contribution in [-0.4, -0.2) is 26.1 Å². The molecule has 0 radical (unpaired) electrons. The number of anilines is 1. The number of nitrogens with one attached hydrogen (secondary N) is 2. The third-order valence-electron chi connectivity index (χ3n) is 3.68. The summed E-state index contributed by atoms with van der Waals surface area (Å²) in [5, 5.41) is 13.3. The lowest BCUT2D eigenvalue weighted by molar-refractivity contribution is -0.115. The number of benzene rings is 1. The standard InChI is InChI=1S/C17H12BrN5OS/c18-12-8-25-17(15(12)16-20-9-21-23-16)22-14(24)7-10-3-4-13-11(6-10)2-1-5-19-13/h1-6,8-9H,7H2,(H,22,24)(H,20,21,23). The van der Waals surface area contributed by atoms with Gasteiger partial charge in [-0.3, -0.25) is 14.9 Å². The summed E-state index contributed by atoms with van der Waals surface area (Å²) < 4.78 is 0.862. The van der Waals surface area contributed by atoms with Crippen LogP contribution in [0.15, 0.2) is 52.7 Å². The van der Waals surface area contributed by atoms with Crippen molar-refractivity contribution in [2.24, 2.45) is 0 Å². The second-order valence-electron chi connectivity index (χ2n) is 5.38. The van der Waals surface area contributed by atoms with Crippen molar-refractivity contribution < 1.29 is 4.79 Å². The monoisotopic (exact) mass is 413 g/mol. The maximum Gasteiger partial charge on any atom is 0.229 e. The van der Waals surface area contributed by atoms with E-state index in [2.05, 4.69) is 41.4 Å². The van der Waals surface area contributed by atoms with Gasteiger partial charge in [-0.2, -0.15) is 5.10 Å². The van der Waals surface area contributed by atoms with Gasteiger partial charge in [0.15, 0.2) is 5.82 Å². The van der Waals surface area contributed by atoms with Crippen molar-refractivity contribution >= 4 is 49.1 Å². The number of hydrogen-bond donors (Lipinski definition) is 2. The van der Waals surface area contributed by atoms with Crippen LogP contribution in [0.5, 0.6) is 0 Å². The van der Waals surface area contributed by atoms with E-state index in [1.165, 1.54) is 17.7 Å². The topological polar surface area (TPSA) is 83.6 Å². The highest BCUT2D eigenvalue weighted by atomic mass is 79.9. The summed E-state index contributed by atoms with van der Waals surface area (Å²) in [5.41, 5.74) is 2.66. The average Bonchev–Trinajstić information content (AvgIpc) is 3.24. The van der Waals surface area contributed by atoms with Crippen LogP contribution in [0.4, 0.5) is 5.00 Å². The first kappa shape index (κ1) is 15.9. The minimum Gasteiger partial charge on any atom is -0.317 e. The Morgan fingerprint density at radius 2 is 2.20 bits per heavy atom. The van der Waals surface area contributed by atoms with Gasteiger partial charge in [0.2, 0.25) is 5.91 Å². The summed E-state index contributed by atoms with van der Waals surface area (Å²) in [5.74, 6) is 0.526. The number of thiophene rings is 1. The molecule has 0 atom stereocenters. The van der Waals surface area contributed by atoms with Gasteiger partial charge in [-0.05, 0) is 39.7 Å². The van der Waals surface area contributed by atoms with E-state index < -0.39 is 0 Å². The Balaban J connectivity index is 1.54. The van der Waals surface area contributed by atoms with Crippen molar-refractivity contribution in [1.29, 1.82) is 0 Å². The number of amides is 1.